The van der Waals surface area contributed by atoms with E-state index >= 15 is 0 Å². The fraction of sp³-hybridized carbons (Fsp3) is 0.250. The minimum absolute atomic E-state index is 0.190. The molecule has 1 aliphatic rings. The number of benzene rings is 2. The number of hydrogen-bond donors (Lipinski definition) is 2. The summed E-state index contributed by atoms with van der Waals surface area (Å²) < 4.78 is 12.9. The first kappa shape index (κ1) is 12.3. The number of hydrogen-bond acceptors (Lipinski definition) is 2. The van der Waals surface area contributed by atoms with E-state index in [2.05, 4.69) is 42.0 Å². The molecule has 1 aliphatic heterocycles. The van der Waals surface area contributed by atoms with Gasteiger partial charge in [0.15, 0.2) is 0 Å². The summed E-state index contributed by atoms with van der Waals surface area (Å²) in [7, 11) is 0. The smallest absolute Gasteiger partial charge is 0.123 e. The first-order valence-electron chi connectivity index (χ1n) is 6.55. The molecule has 1 saturated heterocycles. The second-order valence-electron chi connectivity index (χ2n) is 5.09. The highest BCUT2D eigenvalue weighted by atomic mass is 19.1. The Morgan fingerprint density at radius 3 is 1.84 bits per heavy atom. The van der Waals surface area contributed by atoms with Gasteiger partial charge in [0, 0.05) is 12.1 Å². The Morgan fingerprint density at radius 2 is 1.32 bits per heavy atom. The number of rotatable bonds is 2. The van der Waals surface area contributed by atoms with E-state index in [4.69, 9.17) is 0 Å². The fourth-order valence-electron chi connectivity index (χ4n) is 2.49. The van der Waals surface area contributed by atoms with Crippen LogP contribution in [-0.4, -0.2) is 0 Å². The van der Waals surface area contributed by atoms with Crippen molar-refractivity contribution in [3.63, 3.8) is 0 Å². The van der Waals surface area contributed by atoms with E-state index in [1.54, 1.807) is 0 Å². The number of halogens is 1. The molecule has 0 spiro atoms. The van der Waals surface area contributed by atoms with Crippen LogP contribution in [0.5, 0.6) is 0 Å². The van der Waals surface area contributed by atoms with Crippen molar-refractivity contribution in [2.45, 2.75) is 25.4 Å². The minimum Gasteiger partial charge on any atom is -0.250 e. The van der Waals surface area contributed by atoms with Crippen LogP contribution in [0.25, 0.3) is 0 Å². The normalized spacial score (nSPS) is 22.6. The third-order valence-electron chi connectivity index (χ3n) is 3.66. The van der Waals surface area contributed by atoms with Crippen LogP contribution in [-0.2, 0) is 0 Å². The summed E-state index contributed by atoms with van der Waals surface area (Å²) in [6.07, 6.45) is 0.967. The second kappa shape index (κ2) is 5.11. The highest BCUT2D eigenvalue weighted by Gasteiger charge is 2.25. The van der Waals surface area contributed by atoms with Crippen LogP contribution in [0.2, 0.25) is 0 Å². The van der Waals surface area contributed by atoms with E-state index in [1.165, 1.54) is 23.3 Å². The highest BCUT2D eigenvalue weighted by Crippen LogP contribution is 2.30. The molecule has 0 saturated carbocycles. The monoisotopic (exact) mass is 256 g/mol. The van der Waals surface area contributed by atoms with Crippen LogP contribution < -0.4 is 10.9 Å². The molecular weight excluding hydrogens is 239 g/mol. The summed E-state index contributed by atoms with van der Waals surface area (Å²) in [5.74, 6) is -0.190. The van der Waals surface area contributed by atoms with Gasteiger partial charge in [0.2, 0.25) is 0 Å². The van der Waals surface area contributed by atoms with Gasteiger partial charge in [0.05, 0.1) is 0 Å². The first-order chi connectivity index (χ1) is 9.22. The van der Waals surface area contributed by atoms with Crippen molar-refractivity contribution in [2.75, 3.05) is 0 Å². The molecule has 2 aromatic rings. The van der Waals surface area contributed by atoms with Gasteiger partial charge in [0.1, 0.15) is 5.82 Å². The molecule has 3 heteroatoms. The maximum absolute atomic E-state index is 12.9. The molecule has 0 radical (unpaired) electrons. The van der Waals surface area contributed by atoms with Crippen LogP contribution >= 0.6 is 0 Å². The zero-order chi connectivity index (χ0) is 13.2. The maximum atomic E-state index is 12.9. The van der Waals surface area contributed by atoms with Gasteiger partial charge in [-0.05, 0) is 36.6 Å². The molecule has 2 aromatic carbocycles. The average molecular weight is 256 g/mol. The third-order valence-corrected chi connectivity index (χ3v) is 3.66. The van der Waals surface area contributed by atoms with Gasteiger partial charge in [-0.3, -0.25) is 0 Å². The van der Waals surface area contributed by atoms with Gasteiger partial charge in [-0.1, -0.05) is 42.0 Å². The summed E-state index contributed by atoms with van der Waals surface area (Å²) >= 11 is 0. The summed E-state index contributed by atoms with van der Waals surface area (Å²) in [6.45, 7) is 2.09. The zero-order valence-electron chi connectivity index (χ0n) is 10.9. The summed E-state index contributed by atoms with van der Waals surface area (Å²) in [6, 6.07) is 15.8. The van der Waals surface area contributed by atoms with Crippen molar-refractivity contribution in [1.82, 2.24) is 10.9 Å². The van der Waals surface area contributed by atoms with Crippen molar-refractivity contribution in [1.29, 1.82) is 0 Å². The Morgan fingerprint density at radius 1 is 0.842 bits per heavy atom. The van der Waals surface area contributed by atoms with Crippen molar-refractivity contribution >= 4 is 0 Å². The van der Waals surface area contributed by atoms with Crippen LogP contribution in [0.4, 0.5) is 4.39 Å². The van der Waals surface area contributed by atoms with Gasteiger partial charge in [0.25, 0.3) is 0 Å². The maximum Gasteiger partial charge on any atom is 0.123 e. The molecule has 2 atom stereocenters. The molecular formula is C16H17FN2. The molecule has 98 valence electrons. The largest absolute Gasteiger partial charge is 0.250 e. The van der Waals surface area contributed by atoms with E-state index in [9.17, 15) is 4.39 Å². The molecule has 0 aliphatic carbocycles. The zero-order valence-corrected chi connectivity index (χ0v) is 10.9. The SMILES string of the molecule is Cc1ccc(C2CC(c3ccc(F)cc3)NN2)cc1. The van der Waals surface area contributed by atoms with Crippen molar-refractivity contribution < 1.29 is 4.39 Å². The first-order valence-corrected chi connectivity index (χ1v) is 6.55. The van der Waals surface area contributed by atoms with Gasteiger partial charge in [-0.2, -0.15) is 0 Å². The Labute approximate surface area is 112 Å². The Bertz CT molecular complexity index is 496. The topological polar surface area (TPSA) is 24.1 Å². The Balaban J connectivity index is 1.73. The summed E-state index contributed by atoms with van der Waals surface area (Å²) in [5, 5.41) is 0. The standard InChI is InChI=1S/C16H17FN2/c1-11-2-4-12(5-3-11)15-10-16(19-18-15)13-6-8-14(17)9-7-13/h2-9,15-16,18-19H,10H2,1H3. The van der Waals surface area contributed by atoms with E-state index in [0.29, 0.717) is 6.04 Å². The Hall–Kier alpha value is -1.71. The lowest BCUT2D eigenvalue weighted by molar-refractivity contribution is 0.554. The van der Waals surface area contributed by atoms with Crippen molar-refractivity contribution in [3.8, 4) is 0 Å². The number of aryl methyl sites for hydroxylation is 1. The van der Waals surface area contributed by atoms with Gasteiger partial charge < -0.3 is 0 Å². The van der Waals surface area contributed by atoms with Crippen molar-refractivity contribution in [3.05, 3.63) is 71.0 Å². The third kappa shape index (κ3) is 2.67. The van der Waals surface area contributed by atoms with Crippen LogP contribution in [0.15, 0.2) is 48.5 Å². The molecule has 0 aromatic heterocycles. The fourth-order valence-corrected chi connectivity index (χ4v) is 2.49. The lowest BCUT2D eigenvalue weighted by atomic mass is 9.97. The second-order valence-corrected chi connectivity index (χ2v) is 5.09. The van der Waals surface area contributed by atoms with Gasteiger partial charge in [-0.15, -0.1) is 0 Å². The predicted octanol–water partition coefficient (Wildman–Crippen LogP) is 3.41. The number of nitrogens with one attached hydrogen (secondary N) is 2. The van der Waals surface area contributed by atoms with Gasteiger partial charge >= 0.3 is 0 Å². The minimum atomic E-state index is -0.190. The summed E-state index contributed by atoms with van der Waals surface area (Å²) in [5.41, 5.74) is 10.3. The van der Waals surface area contributed by atoms with E-state index in [1.807, 2.05) is 12.1 Å². The quantitative estimate of drug-likeness (QED) is 0.860. The number of hydrazine groups is 1. The van der Waals surface area contributed by atoms with Crippen LogP contribution in [0.3, 0.4) is 0 Å². The molecule has 2 nitrogen and oxygen atoms in total. The highest BCUT2D eigenvalue weighted by molar-refractivity contribution is 5.27. The van der Waals surface area contributed by atoms with Crippen LogP contribution in [0, 0.1) is 12.7 Å². The molecule has 0 bridgehead atoms. The van der Waals surface area contributed by atoms with Gasteiger partial charge in [-0.25, -0.2) is 15.2 Å². The predicted molar refractivity (Wildman–Crippen MR) is 73.9 cm³/mol. The molecule has 0 amide bonds. The molecule has 2 unspecified atom stereocenters. The lowest BCUT2D eigenvalue weighted by Gasteiger charge is -2.10. The molecule has 1 heterocycles. The van der Waals surface area contributed by atoms with E-state index in [0.717, 1.165) is 12.0 Å². The van der Waals surface area contributed by atoms with Crippen molar-refractivity contribution in [2.24, 2.45) is 0 Å². The van der Waals surface area contributed by atoms with Crippen LogP contribution in [0.1, 0.15) is 35.2 Å². The Kier molecular flexibility index (Phi) is 3.32. The molecule has 1 fully saturated rings. The molecule has 2 N–H and O–H groups in total. The average Bonchev–Trinajstić information content (AvgIpc) is 2.90. The molecule has 3 rings (SSSR count). The molecule has 19 heavy (non-hydrogen) atoms. The lowest BCUT2D eigenvalue weighted by Crippen LogP contribution is -2.26. The summed E-state index contributed by atoms with van der Waals surface area (Å²) in [4.78, 5) is 0. The van der Waals surface area contributed by atoms with E-state index in [-0.39, 0.29) is 11.9 Å². The van der Waals surface area contributed by atoms with E-state index < -0.39 is 0 Å².